The van der Waals surface area contributed by atoms with Crippen molar-refractivity contribution in [1.82, 2.24) is 5.32 Å². The predicted octanol–water partition coefficient (Wildman–Crippen LogP) is 1.30. The van der Waals surface area contributed by atoms with Crippen molar-refractivity contribution in [3.8, 4) is 24.2 Å². The van der Waals surface area contributed by atoms with E-state index in [1.54, 1.807) is 24.3 Å². The van der Waals surface area contributed by atoms with Crippen LogP contribution in [0.5, 0.6) is 5.75 Å². The van der Waals surface area contributed by atoms with Crippen LogP contribution in [0, 0.1) is 23.7 Å². The number of ether oxygens (including phenoxy) is 1. The molecule has 0 amide bonds. The van der Waals surface area contributed by atoms with Gasteiger partial charge in [0.05, 0.1) is 11.6 Å². The highest BCUT2D eigenvalue weighted by Crippen LogP contribution is 2.16. The Morgan fingerprint density at radius 1 is 1.47 bits per heavy atom. The Hall–Kier alpha value is -2.01. The summed E-state index contributed by atoms with van der Waals surface area (Å²) in [5.74, 6) is 3.07. The zero-order valence-electron chi connectivity index (χ0n) is 11.0. The van der Waals surface area contributed by atoms with E-state index >= 15 is 0 Å². The lowest BCUT2D eigenvalue weighted by Gasteiger charge is -2.16. The molecule has 1 aromatic carbocycles. The number of aliphatic hydroxyl groups is 1. The van der Waals surface area contributed by atoms with E-state index in [2.05, 4.69) is 11.2 Å². The summed E-state index contributed by atoms with van der Waals surface area (Å²) in [6, 6.07) is 8.92. The van der Waals surface area contributed by atoms with Crippen LogP contribution in [0.2, 0.25) is 0 Å². The Morgan fingerprint density at radius 2 is 2.21 bits per heavy atom. The normalized spacial score (nSPS) is 13.1. The number of benzene rings is 1. The van der Waals surface area contributed by atoms with Gasteiger partial charge in [0.2, 0.25) is 0 Å². The van der Waals surface area contributed by atoms with Crippen molar-refractivity contribution in [2.24, 2.45) is 0 Å². The lowest BCUT2D eigenvalue weighted by molar-refractivity contribution is 0.105. The minimum atomic E-state index is -0.672. The van der Waals surface area contributed by atoms with E-state index in [1.807, 2.05) is 13.0 Å². The molecule has 0 fully saturated rings. The van der Waals surface area contributed by atoms with Gasteiger partial charge in [-0.3, -0.25) is 0 Å². The molecule has 0 saturated carbocycles. The number of para-hydroxylation sites is 1. The molecule has 4 nitrogen and oxygen atoms in total. The molecule has 2 unspecified atom stereocenters. The first-order chi connectivity index (χ1) is 9.21. The molecule has 0 radical (unpaired) electrons. The van der Waals surface area contributed by atoms with Gasteiger partial charge in [-0.05, 0) is 18.6 Å². The van der Waals surface area contributed by atoms with Gasteiger partial charge in [-0.15, -0.1) is 6.42 Å². The summed E-state index contributed by atoms with van der Waals surface area (Å²) < 4.78 is 5.43. The van der Waals surface area contributed by atoms with Gasteiger partial charge in [-0.1, -0.05) is 25.0 Å². The van der Waals surface area contributed by atoms with Crippen molar-refractivity contribution in [2.75, 3.05) is 13.2 Å². The Morgan fingerprint density at radius 3 is 2.84 bits per heavy atom. The molecule has 2 N–H and O–H groups in total. The number of nitrogens with zero attached hydrogens (tertiary/aromatic N) is 1. The van der Waals surface area contributed by atoms with Crippen LogP contribution in [-0.4, -0.2) is 30.4 Å². The summed E-state index contributed by atoms with van der Waals surface area (Å²) in [5.41, 5.74) is 0.456. The number of terminal acetylenes is 1. The van der Waals surface area contributed by atoms with E-state index in [0.29, 0.717) is 17.9 Å². The Balaban J connectivity index is 2.40. The molecule has 100 valence electrons. The van der Waals surface area contributed by atoms with E-state index in [1.165, 1.54) is 0 Å². The van der Waals surface area contributed by atoms with E-state index in [0.717, 1.165) is 6.42 Å². The van der Waals surface area contributed by atoms with E-state index in [4.69, 9.17) is 16.4 Å². The number of hydrogen-bond acceptors (Lipinski definition) is 4. The fourth-order valence-corrected chi connectivity index (χ4v) is 1.53. The maximum Gasteiger partial charge on any atom is 0.137 e. The average molecular weight is 258 g/mol. The third-order valence-corrected chi connectivity index (χ3v) is 2.65. The van der Waals surface area contributed by atoms with Crippen LogP contribution in [0.4, 0.5) is 0 Å². The summed E-state index contributed by atoms with van der Waals surface area (Å²) in [4.78, 5) is 0. The minimum Gasteiger partial charge on any atom is -0.489 e. The van der Waals surface area contributed by atoms with Gasteiger partial charge < -0.3 is 15.2 Å². The Labute approximate surface area is 114 Å². The molecule has 2 atom stereocenters. The van der Waals surface area contributed by atoms with Gasteiger partial charge in [0.25, 0.3) is 0 Å². The largest absolute Gasteiger partial charge is 0.489 e. The number of nitrogens with one attached hydrogen (secondary N) is 1. The van der Waals surface area contributed by atoms with Crippen LogP contribution in [0.25, 0.3) is 0 Å². The highest BCUT2D eigenvalue weighted by atomic mass is 16.5. The molecule has 0 aliphatic rings. The molecule has 4 heteroatoms. The van der Waals surface area contributed by atoms with Crippen LogP contribution >= 0.6 is 0 Å². The molecule has 0 aliphatic carbocycles. The first-order valence-electron chi connectivity index (χ1n) is 6.20. The van der Waals surface area contributed by atoms with Gasteiger partial charge in [0.15, 0.2) is 0 Å². The third kappa shape index (κ3) is 5.01. The van der Waals surface area contributed by atoms with Crippen LogP contribution in [0.15, 0.2) is 24.3 Å². The maximum atomic E-state index is 9.78. The SMILES string of the molecule is C#CC(CC)NCC(O)COc1ccccc1C#N. The predicted molar refractivity (Wildman–Crippen MR) is 73.6 cm³/mol. The standard InChI is InChI=1S/C15H18N2O2/c1-3-13(4-2)17-10-14(18)11-19-15-8-6-5-7-12(15)9-16/h1,5-8,13-14,17-18H,4,10-11H2,2H3. The molecular weight excluding hydrogens is 240 g/mol. The smallest absolute Gasteiger partial charge is 0.137 e. The molecule has 0 saturated heterocycles. The third-order valence-electron chi connectivity index (χ3n) is 2.65. The molecular formula is C15H18N2O2. The van der Waals surface area contributed by atoms with Crippen LogP contribution in [-0.2, 0) is 0 Å². The summed E-state index contributed by atoms with van der Waals surface area (Å²) in [7, 11) is 0. The Kier molecular flexibility index (Phi) is 6.46. The van der Waals surface area contributed by atoms with Gasteiger partial charge in [0, 0.05) is 6.54 Å². The lowest BCUT2D eigenvalue weighted by Crippen LogP contribution is -2.37. The van der Waals surface area contributed by atoms with Gasteiger partial charge in [-0.25, -0.2) is 0 Å². The molecule has 19 heavy (non-hydrogen) atoms. The average Bonchev–Trinajstić information content (AvgIpc) is 2.46. The van der Waals surface area contributed by atoms with Crippen molar-refractivity contribution in [3.05, 3.63) is 29.8 Å². The first-order valence-corrected chi connectivity index (χ1v) is 6.20. The van der Waals surface area contributed by atoms with E-state index < -0.39 is 6.10 Å². The maximum absolute atomic E-state index is 9.78. The fraction of sp³-hybridized carbons (Fsp3) is 0.400. The van der Waals surface area contributed by atoms with Crippen molar-refractivity contribution in [3.63, 3.8) is 0 Å². The monoisotopic (exact) mass is 258 g/mol. The molecule has 0 aromatic heterocycles. The van der Waals surface area contributed by atoms with Gasteiger partial charge in [-0.2, -0.15) is 5.26 Å². The first kappa shape index (κ1) is 15.0. The van der Waals surface area contributed by atoms with E-state index in [-0.39, 0.29) is 12.6 Å². The second kappa shape index (κ2) is 8.16. The second-order valence-corrected chi connectivity index (χ2v) is 4.11. The second-order valence-electron chi connectivity index (χ2n) is 4.11. The zero-order valence-corrected chi connectivity index (χ0v) is 11.0. The van der Waals surface area contributed by atoms with Crippen LogP contribution in [0.1, 0.15) is 18.9 Å². The number of nitriles is 1. The summed E-state index contributed by atoms with van der Waals surface area (Å²) in [6.07, 6.45) is 5.45. The zero-order chi connectivity index (χ0) is 14.1. The fourth-order valence-electron chi connectivity index (χ4n) is 1.53. The van der Waals surface area contributed by atoms with Crippen molar-refractivity contribution >= 4 is 0 Å². The summed E-state index contributed by atoms with van der Waals surface area (Å²) >= 11 is 0. The summed E-state index contributed by atoms with van der Waals surface area (Å²) in [5, 5.41) is 21.7. The van der Waals surface area contributed by atoms with Crippen molar-refractivity contribution < 1.29 is 9.84 Å². The minimum absolute atomic E-state index is 0.0407. The van der Waals surface area contributed by atoms with Gasteiger partial charge in [0.1, 0.15) is 24.5 Å². The number of rotatable bonds is 7. The molecule has 0 bridgehead atoms. The number of hydrogen-bond donors (Lipinski definition) is 2. The van der Waals surface area contributed by atoms with Gasteiger partial charge >= 0.3 is 0 Å². The molecule has 0 heterocycles. The molecule has 1 rings (SSSR count). The van der Waals surface area contributed by atoms with Crippen molar-refractivity contribution in [1.29, 1.82) is 5.26 Å². The van der Waals surface area contributed by atoms with Crippen LogP contribution in [0.3, 0.4) is 0 Å². The summed E-state index contributed by atoms with van der Waals surface area (Å²) in [6.45, 7) is 2.45. The molecule has 1 aromatic rings. The molecule has 0 spiro atoms. The molecule has 0 aliphatic heterocycles. The van der Waals surface area contributed by atoms with Crippen molar-refractivity contribution in [2.45, 2.75) is 25.5 Å². The van der Waals surface area contributed by atoms with Crippen LogP contribution < -0.4 is 10.1 Å². The Bertz CT molecular complexity index is 474. The highest BCUT2D eigenvalue weighted by Gasteiger charge is 2.09. The number of aliphatic hydroxyl groups excluding tert-OH is 1. The quantitative estimate of drug-likeness (QED) is 0.723. The lowest BCUT2D eigenvalue weighted by atomic mass is 10.2. The highest BCUT2D eigenvalue weighted by molar-refractivity contribution is 5.42. The topological polar surface area (TPSA) is 65.3 Å². The van der Waals surface area contributed by atoms with E-state index in [9.17, 15) is 5.11 Å².